The third-order valence-electron chi connectivity index (χ3n) is 3.90. The van der Waals surface area contributed by atoms with E-state index in [0.717, 1.165) is 11.8 Å². The summed E-state index contributed by atoms with van der Waals surface area (Å²) in [7, 11) is -17.3. The van der Waals surface area contributed by atoms with Crippen LogP contribution in [0.1, 0.15) is 6.92 Å². The number of nitrogens with zero attached hydrogens (tertiary/aromatic N) is 1. The maximum atomic E-state index is 15.2. The Morgan fingerprint density at radius 1 is 1.28 bits per heavy atom. The summed E-state index contributed by atoms with van der Waals surface area (Å²) in [5.41, 5.74) is -2.53. The van der Waals surface area contributed by atoms with Crippen molar-refractivity contribution in [1.29, 1.82) is 0 Å². The fourth-order valence-electron chi connectivity index (χ4n) is 2.59. The Morgan fingerprint density at radius 3 is 2.38 bits per heavy atom. The lowest BCUT2D eigenvalue weighted by molar-refractivity contribution is -0.207. The first-order valence-corrected chi connectivity index (χ1v) is 12.8. The molecule has 32 heavy (non-hydrogen) atoms. The lowest BCUT2D eigenvalue weighted by Crippen LogP contribution is -2.54. The number of hydrogen-bond acceptors (Lipinski definition) is 11. The van der Waals surface area contributed by atoms with Gasteiger partial charge < -0.3 is 44.7 Å². The average molecular weight is 548 g/mol. The molecule has 0 aliphatic carbocycles. The molecule has 15 nitrogen and oxygen atoms in total. The van der Waals surface area contributed by atoms with Crippen molar-refractivity contribution in [2.45, 2.75) is 30.7 Å². The van der Waals surface area contributed by atoms with Crippen LogP contribution < -0.4 is 5.32 Å². The molecule has 0 aromatic carbocycles. The van der Waals surface area contributed by atoms with E-state index in [4.69, 9.17) is 19.4 Å². The summed E-state index contributed by atoms with van der Waals surface area (Å²) in [5, 5.41) is 23.0. The monoisotopic (exact) mass is 548 g/mol. The highest BCUT2D eigenvalue weighted by atomic mass is 32.1. The number of nitrogens with one attached hydrogen (secondary N) is 1. The van der Waals surface area contributed by atoms with Crippen LogP contribution in [0.25, 0.3) is 0 Å². The van der Waals surface area contributed by atoms with E-state index in [1.165, 1.54) is 0 Å². The Labute approximate surface area is 183 Å². The highest BCUT2D eigenvalue weighted by molar-refractivity contribution is 7.80. The van der Waals surface area contributed by atoms with Crippen molar-refractivity contribution in [1.82, 2.24) is 10.2 Å². The summed E-state index contributed by atoms with van der Waals surface area (Å²) in [4.78, 5) is 35.8. The lowest BCUT2D eigenvalue weighted by atomic mass is 9.95. The number of phosphoric acid groups is 3. The van der Waals surface area contributed by atoms with Gasteiger partial charge in [0.2, 0.25) is 0 Å². The van der Waals surface area contributed by atoms with E-state index >= 15 is 4.39 Å². The number of thiocarbonyl (C=S) groups is 1. The molecule has 184 valence electrons. The van der Waals surface area contributed by atoms with E-state index in [1.54, 1.807) is 0 Å². The Balaban J connectivity index is 2.19. The van der Waals surface area contributed by atoms with Crippen molar-refractivity contribution in [2.75, 3.05) is 6.61 Å². The average Bonchev–Trinajstić information content (AvgIpc) is 2.74. The van der Waals surface area contributed by atoms with E-state index < -0.39 is 59.7 Å². The fourth-order valence-corrected chi connectivity index (χ4v) is 5.79. The maximum absolute atomic E-state index is 15.2. The minimum atomic E-state index is -5.88. The number of rotatable bonds is 8. The smallest absolute Gasteiger partial charge is 0.384 e. The minimum absolute atomic E-state index is 0.203. The molecule has 21 heteroatoms. The van der Waals surface area contributed by atoms with Gasteiger partial charge in [0.15, 0.2) is 12.1 Å². The van der Waals surface area contributed by atoms with Gasteiger partial charge in [0.25, 0.3) is 5.85 Å². The SMILES string of the molecule is C=C1NC(=S)C(F)=CN1C1OC(F)(COP(=O)(O)OP(=O)(O)OP(=O)(O)O)C(O)C1(C)O. The van der Waals surface area contributed by atoms with Crippen LogP contribution in [-0.2, 0) is 31.6 Å². The van der Waals surface area contributed by atoms with E-state index in [1.807, 2.05) is 0 Å². The van der Waals surface area contributed by atoms with Gasteiger partial charge in [0.1, 0.15) is 29.1 Å². The second-order valence-corrected chi connectivity index (χ2v) is 11.4. The zero-order valence-corrected chi connectivity index (χ0v) is 19.1. The number of halogens is 2. The molecule has 1 fully saturated rings. The van der Waals surface area contributed by atoms with Crippen molar-refractivity contribution < 1.29 is 70.1 Å². The lowest BCUT2D eigenvalue weighted by Gasteiger charge is -2.37. The molecule has 6 atom stereocenters. The van der Waals surface area contributed by atoms with Crippen LogP contribution in [0.5, 0.6) is 0 Å². The number of ether oxygens (including phenoxy) is 1. The molecule has 2 aliphatic heterocycles. The quantitative estimate of drug-likeness (QED) is 0.156. The van der Waals surface area contributed by atoms with Gasteiger partial charge in [-0.1, -0.05) is 18.8 Å². The normalized spacial score (nSPS) is 35.2. The van der Waals surface area contributed by atoms with Crippen molar-refractivity contribution in [3.63, 3.8) is 0 Å². The summed E-state index contributed by atoms with van der Waals surface area (Å²) in [6, 6.07) is 0. The molecule has 6 unspecified atom stereocenters. The molecule has 0 amide bonds. The largest absolute Gasteiger partial charge is 0.490 e. The van der Waals surface area contributed by atoms with E-state index in [9.17, 15) is 33.2 Å². The molecule has 0 spiro atoms. The van der Waals surface area contributed by atoms with E-state index in [2.05, 4.69) is 37.3 Å². The Bertz CT molecular complexity index is 988. The summed E-state index contributed by atoms with van der Waals surface area (Å²) >= 11 is 4.65. The molecule has 2 heterocycles. The zero-order valence-electron chi connectivity index (χ0n) is 15.6. The number of phosphoric ester groups is 1. The van der Waals surface area contributed by atoms with Gasteiger partial charge in [-0.3, -0.25) is 4.52 Å². The van der Waals surface area contributed by atoms with Crippen LogP contribution >= 0.6 is 35.7 Å². The van der Waals surface area contributed by atoms with Gasteiger partial charge in [-0.05, 0) is 6.92 Å². The zero-order chi connectivity index (χ0) is 24.9. The first kappa shape index (κ1) is 27.6. The molecule has 0 bridgehead atoms. The molecule has 0 aromatic rings. The molecular formula is C11H17F2N2O13P3S. The van der Waals surface area contributed by atoms with Gasteiger partial charge in [-0.2, -0.15) is 8.62 Å². The van der Waals surface area contributed by atoms with Gasteiger partial charge in [-0.25, -0.2) is 22.5 Å². The highest BCUT2D eigenvalue weighted by Gasteiger charge is 2.65. The van der Waals surface area contributed by atoms with Crippen LogP contribution in [-0.4, -0.2) is 70.1 Å². The fraction of sp³-hybridized carbons (Fsp3) is 0.545. The van der Waals surface area contributed by atoms with E-state index in [0.29, 0.717) is 6.20 Å². The molecule has 1 saturated heterocycles. The van der Waals surface area contributed by atoms with E-state index in [-0.39, 0.29) is 10.8 Å². The molecule has 0 saturated carbocycles. The van der Waals surface area contributed by atoms with Crippen LogP contribution in [0.2, 0.25) is 0 Å². The van der Waals surface area contributed by atoms with Crippen molar-refractivity contribution in [3.05, 3.63) is 24.4 Å². The second-order valence-electron chi connectivity index (χ2n) is 6.53. The Morgan fingerprint density at radius 2 is 1.84 bits per heavy atom. The van der Waals surface area contributed by atoms with Crippen molar-refractivity contribution >= 4 is 40.7 Å². The number of alkyl halides is 1. The minimum Gasteiger partial charge on any atom is -0.384 e. The molecule has 0 aromatic heterocycles. The molecule has 0 radical (unpaired) electrons. The topological polar surface area (TPSA) is 225 Å². The number of aliphatic hydroxyl groups is 2. The second kappa shape index (κ2) is 8.83. The third-order valence-corrected chi connectivity index (χ3v) is 7.98. The first-order valence-electron chi connectivity index (χ1n) is 7.90. The summed E-state index contributed by atoms with van der Waals surface area (Å²) < 4.78 is 78.6. The summed E-state index contributed by atoms with van der Waals surface area (Å²) in [5.74, 6) is -4.74. The van der Waals surface area contributed by atoms with Gasteiger partial charge >= 0.3 is 23.5 Å². The third kappa shape index (κ3) is 6.25. The molecule has 2 aliphatic rings. The molecule has 7 N–H and O–H groups in total. The van der Waals surface area contributed by atoms with Crippen LogP contribution in [0, 0.1) is 0 Å². The predicted octanol–water partition coefficient (Wildman–Crippen LogP) is -0.0216. The van der Waals surface area contributed by atoms with Gasteiger partial charge in [0, 0.05) is 6.20 Å². The Kier molecular flexibility index (Phi) is 7.61. The van der Waals surface area contributed by atoms with Crippen molar-refractivity contribution in [3.8, 4) is 0 Å². The molecular weight excluding hydrogens is 531 g/mol. The van der Waals surface area contributed by atoms with Crippen LogP contribution in [0.15, 0.2) is 24.4 Å². The summed E-state index contributed by atoms with van der Waals surface area (Å²) in [6.07, 6.45) is -3.76. The van der Waals surface area contributed by atoms with Gasteiger partial charge in [-0.15, -0.1) is 0 Å². The maximum Gasteiger partial charge on any atom is 0.490 e. The van der Waals surface area contributed by atoms with Crippen molar-refractivity contribution in [2.24, 2.45) is 0 Å². The van der Waals surface area contributed by atoms with Crippen LogP contribution in [0.4, 0.5) is 8.78 Å². The Hall–Kier alpha value is -0.680. The number of aliphatic hydroxyl groups excluding tert-OH is 1. The molecule has 2 rings (SSSR count). The predicted molar refractivity (Wildman–Crippen MR) is 101 cm³/mol. The first-order chi connectivity index (χ1) is 14.2. The highest BCUT2D eigenvalue weighted by Crippen LogP contribution is 2.66. The number of hydrogen-bond donors (Lipinski definition) is 7. The van der Waals surface area contributed by atoms with Crippen LogP contribution in [0.3, 0.4) is 0 Å². The standard InChI is InChI=1S/C11H17F2N2O13P3S/c1-5-14-7(32)6(12)3-15(5)9-10(2,17)8(16)11(13,26-9)4-25-30(21,22)28-31(23,24)27-29(18,19)20/h3,8-9,16-17H,1,4H2,2H3,(H,14,32)(H,21,22)(H,23,24)(H2,18,19,20). The summed E-state index contributed by atoms with van der Waals surface area (Å²) in [6.45, 7) is 2.60. The van der Waals surface area contributed by atoms with Gasteiger partial charge in [0.05, 0.1) is 0 Å².